The van der Waals surface area contributed by atoms with Gasteiger partial charge in [-0.15, -0.1) is 0 Å². The fraction of sp³-hybridized carbons (Fsp3) is 0.160. The lowest BCUT2D eigenvalue weighted by Gasteiger charge is -2.22. The van der Waals surface area contributed by atoms with Gasteiger partial charge in [0.25, 0.3) is 5.91 Å². The number of hydrogen-bond donors (Lipinski definition) is 2. The smallest absolute Gasteiger partial charge is 0.335 e. The Balaban J connectivity index is 1.72. The number of benzene rings is 3. The minimum absolute atomic E-state index is 0.0242. The van der Waals surface area contributed by atoms with Gasteiger partial charge in [0.15, 0.2) is 0 Å². The third-order valence-corrected chi connectivity index (χ3v) is 5.16. The Morgan fingerprint density at radius 2 is 1.70 bits per heavy atom. The maximum Gasteiger partial charge on any atom is 0.335 e. The number of aromatic carboxylic acids is 1. The van der Waals surface area contributed by atoms with Crippen LogP contribution in [-0.2, 0) is 0 Å². The summed E-state index contributed by atoms with van der Waals surface area (Å²) in [5.74, 6) is -1.26. The van der Waals surface area contributed by atoms with Crippen molar-refractivity contribution in [2.45, 2.75) is 13.8 Å². The second-order valence-corrected chi connectivity index (χ2v) is 8.07. The van der Waals surface area contributed by atoms with Crippen molar-refractivity contribution in [3.05, 3.63) is 89.5 Å². The van der Waals surface area contributed by atoms with E-state index in [2.05, 4.69) is 25.2 Å². The van der Waals surface area contributed by atoms with Gasteiger partial charge in [0.2, 0.25) is 0 Å². The number of anilines is 1. The molecule has 4 rings (SSSR count). The van der Waals surface area contributed by atoms with Crippen LogP contribution in [0.2, 0.25) is 0 Å². The van der Waals surface area contributed by atoms with Gasteiger partial charge in [0.05, 0.1) is 11.3 Å². The van der Waals surface area contributed by atoms with Gasteiger partial charge in [-0.3, -0.25) is 9.79 Å². The molecular formula is C25H22N2O3. The molecule has 0 unspecified atom stereocenters. The molecule has 5 heteroatoms. The van der Waals surface area contributed by atoms with E-state index in [4.69, 9.17) is 10.1 Å². The summed E-state index contributed by atoms with van der Waals surface area (Å²) in [6.45, 7) is 4.97. The topological polar surface area (TPSA) is 78.8 Å². The minimum Gasteiger partial charge on any atom is -0.478 e. The average molecular weight is 398 g/mol. The first-order chi connectivity index (χ1) is 14.3. The number of allylic oxidation sites excluding steroid dienone is 1. The molecule has 1 amide bonds. The lowest BCUT2D eigenvalue weighted by molar-refractivity contribution is 0.0696. The van der Waals surface area contributed by atoms with Gasteiger partial charge in [0, 0.05) is 34.2 Å². The number of fused-ring (bicyclic) bond motifs is 1. The number of aliphatic imine (C=N–C) groups is 1. The Labute approximate surface area is 174 Å². The number of carboxylic acid groups (broad SMARTS) is 1. The van der Waals surface area contributed by atoms with Gasteiger partial charge in [-0.05, 0) is 41.8 Å². The van der Waals surface area contributed by atoms with Crippen LogP contribution in [0, 0.1) is 5.41 Å². The van der Waals surface area contributed by atoms with Gasteiger partial charge in [-0.25, -0.2) is 4.79 Å². The highest BCUT2D eigenvalue weighted by atomic mass is 16.4. The van der Waals surface area contributed by atoms with Crippen molar-refractivity contribution in [1.29, 1.82) is 0 Å². The van der Waals surface area contributed by atoms with Gasteiger partial charge >= 0.3 is 5.97 Å². The summed E-state index contributed by atoms with van der Waals surface area (Å²) in [6.07, 6.45) is 4.18. The first kappa shape index (κ1) is 19.6. The number of rotatable bonds is 4. The van der Waals surface area contributed by atoms with Gasteiger partial charge in [-0.1, -0.05) is 50.3 Å². The zero-order valence-corrected chi connectivity index (χ0v) is 16.8. The molecule has 0 saturated heterocycles. The highest BCUT2D eigenvalue weighted by Gasteiger charge is 2.20. The van der Waals surface area contributed by atoms with Crippen molar-refractivity contribution >= 4 is 34.0 Å². The van der Waals surface area contributed by atoms with E-state index in [0.29, 0.717) is 17.8 Å². The Kier molecular flexibility index (Phi) is 4.96. The molecule has 150 valence electrons. The predicted octanol–water partition coefficient (Wildman–Crippen LogP) is 5.18. The van der Waals surface area contributed by atoms with Crippen molar-refractivity contribution in [3.63, 3.8) is 0 Å². The number of amides is 1. The molecule has 0 spiro atoms. The van der Waals surface area contributed by atoms with E-state index >= 15 is 0 Å². The number of carboxylic acids is 1. The summed E-state index contributed by atoms with van der Waals surface area (Å²) in [7, 11) is 0. The lowest BCUT2D eigenvalue weighted by Crippen LogP contribution is -2.19. The number of hydrogen-bond acceptors (Lipinski definition) is 3. The molecule has 5 nitrogen and oxygen atoms in total. The molecule has 0 bridgehead atoms. The van der Waals surface area contributed by atoms with Crippen LogP contribution in [0.25, 0.3) is 10.8 Å². The maximum absolute atomic E-state index is 13.1. The van der Waals surface area contributed by atoms with E-state index < -0.39 is 5.97 Å². The van der Waals surface area contributed by atoms with Crippen LogP contribution < -0.4 is 5.32 Å². The van der Waals surface area contributed by atoms with E-state index in [-0.39, 0.29) is 16.9 Å². The molecule has 0 fully saturated rings. The Hall–Kier alpha value is -3.73. The van der Waals surface area contributed by atoms with Crippen molar-refractivity contribution in [1.82, 2.24) is 0 Å². The second-order valence-electron chi connectivity index (χ2n) is 8.07. The van der Waals surface area contributed by atoms with E-state index in [1.165, 1.54) is 12.1 Å². The number of dihydropyridines is 1. The van der Waals surface area contributed by atoms with Crippen molar-refractivity contribution in [2.75, 3.05) is 11.9 Å². The standard InChI is InChI=1S/C25H22N2O3/c1-25(2)14-13-21(26-15-25)19-7-3-5-16-6-4-8-20(22(16)19)23(28)27-18-11-9-17(10-12-18)24(29)30/h3-14H,15H2,1-2H3,(H,27,28)(H,29,30). The van der Waals surface area contributed by atoms with Crippen LogP contribution in [0.5, 0.6) is 0 Å². The van der Waals surface area contributed by atoms with Crippen molar-refractivity contribution in [2.24, 2.45) is 10.4 Å². The van der Waals surface area contributed by atoms with Crippen LogP contribution in [-0.4, -0.2) is 29.2 Å². The molecule has 3 aromatic rings. The number of carbonyl (C=O) groups is 2. The zero-order valence-electron chi connectivity index (χ0n) is 16.8. The molecule has 2 N–H and O–H groups in total. The van der Waals surface area contributed by atoms with E-state index in [1.54, 1.807) is 18.2 Å². The zero-order chi connectivity index (χ0) is 21.3. The van der Waals surface area contributed by atoms with Crippen LogP contribution in [0.4, 0.5) is 5.69 Å². The van der Waals surface area contributed by atoms with Crippen LogP contribution in [0.3, 0.4) is 0 Å². The summed E-state index contributed by atoms with van der Waals surface area (Å²) in [4.78, 5) is 28.9. The molecule has 0 atom stereocenters. The number of nitrogens with one attached hydrogen (secondary N) is 1. The highest BCUT2D eigenvalue weighted by molar-refractivity contribution is 6.22. The summed E-state index contributed by atoms with van der Waals surface area (Å²) < 4.78 is 0. The van der Waals surface area contributed by atoms with E-state index in [1.807, 2.05) is 36.4 Å². The SMILES string of the molecule is CC1(C)C=CC(c2cccc3cccc(C(=O)Nc4ccc(C(=O)O)cc4)c23)=NC1. The predicted molar refractivity (Wildman–Crippen MR) is 120 cm³/mol. The van der Waals surface area contributed by atoms with E-state index in [0.717, 1.165) is 22.0 Å². The summed E-state index contributed by atoms with van der Waals surface area (Å²) >= 11 is 0. The van der Waals surface area contributed by atoms with Crippen LogP contribution in [0.15, 0.2) is 77.8 Å². The Morgan fingerprint density at radius 1 is 1.00 bits per heavy atom. The molecule has 0 aliphatic carbocycles. The quantitative estimate of drug-likeness (QED) is 0.636. The molecule has 3 aromatic carbocycles. The minimum atomic E-state index is -1.00. The van der Waals surface area contributed by atoms with E-state index in [9.17, 15) is 9.59 Å². The number of carbonyl (C=O) groups excluding carboxylic acids is 1. The normalized spacial score (nSPS) is 14.9. The molecular weight excluding hydrogens is 376 g/mol. The van der Waals surface area contributed by atoms with Gasteiger partial charge in [-0.2, -0.15) is 0 Å². The first-order valence-electron chi connectivity index (χ1n) is 9.75. The summed E-state index contributed by atoms with van der Waals surface area (Å²) in [5, 5.41) is 13.7. The van der Waals surface area contributed by atoms with Crippen LogP contribution in [0.1, 0.15) is 40.1 Å². The molecule has 0 aromatic heterocycles. The monoisotopic (exact) mass is 398 g/mol. The molecule has 30 heavy (non-hydrogen) atoms. The van der Waals surface area contributed by atoms with Gasteiger partial charge < -0.3 is 10.4 Å². The molecule has 0 saturated carbocycles. The summed E-state index contributed by atoms with van der Waals surface area (Å²) in [5.41, 5.74) is 3.07. The maximum atomic E-state index is 13.1. The number of nitrogens with zero attached hydrogens (tertiary/aromatic N) is 1. The lowest BCUT2D eigenvalue weighted by atomic mass is 9.88. The summed E-state index contributed by atoms with van der Waals surface area (Å²) in [6, 6.07) is 17.7. The largest absolute Gasteiger partial charge is 0.478 e. The van der Waals surface area contributed by atoms with Crippen molar-refractivity contribution < 1.29 is 14.7 Å². The highest BCUT2D eigenvalue weighted by Crippen LogP contribution is 2.28. The third kappa shape index (κ3) is 3.87. The van der Waals surface area contributed by atoms with Crippen molar-refractivity contribution in [3.8, 4) is 0 Å². The molecule has 0 radical (unpaired) electrons. The van der Waals surface area contributed by atoms with Gasteiger partial charge in [0.1, 0.15) is 0 Å². The average Bonchev–Trinajstić information content (AvgIpc) is 2.73. The fourth-order valence-electron chi connectivity index (χ4n) is 3.51. The molecule has 1 heterocycles. The first-order valence-corrected chi connectivity index (χ1v) is 9.75. The second kappa shape index (κ2) is 7.59. The molecule has 1 aliphatic rings. The Bertz CT molecular complexity index is 1200. The molecule has 1 aliphatic heterocycles. The fourth-order valence-corrected chi connectivity index (χ4v) is 3.51. The Morgan fingerprint density at radius 3 is 2.33 bits per heavy atom. The third-order valence-electron chi connectivity index (χ3n) is 5.16. The van der Waals surface area contributed by atoms with Crippen LogP contribution >= 0.6 is 0 Å².